The van der Waals surface area contributed by atoms with E-state index in [1.165, 1.54) is 19.3 Å². The third kappa shape index (κ3) is 2.32. The van der Waals surface area contributed by atoms with Crippen LogP contribution in [0, 0.1) is 5.41 Å². The van der Waals surface area contributed by atoms with Crippen molar-refractivity contribution < 1.29 is 13.3 Å². The summed E-state index contributed by atoms with van der Waals surface area (Å²) < 4.78 is 17.4. The molecule has 3 nitrogen and oxygen atoms in total. The molecule has 0 amide bonds. The molecule has 1 rings (SSSR count). The van der Waals surface area contributed by atoms with E-state index in [1.54, 1.807) is 21.3 Å². The van der Waals surface area contributed by atoms with Crippen LogP contribution in [0.25, 0.3) is 0 Å². The molecule has 0 spiro atoms. The zero-order valence-electron chi connectivity index (χ0n) is 12.3. The monoisotopic (exact) mass is 260 g/mol. The van der Waals surface area contributed by atoms with E-state index in [0.717, 1.165) is 12.8 Å². The topological polar surface area (TPSA) is 27.7 Å². The first-order valence-corrected chi connectivity index (χ1v) is 8.27. The molecule has 0 aromatic carbocycles. The SMILES string of the molecule is CO[Si](OC)(OC)C1(C(C)(C)C)CCCCC1. The van der Waals surface area contributed by atoms with Crippen molar-refractivity contribution in [2.45, 2.75) is 57.9 Å². The summed E-state index contributed by atoms with van der Waals surface area (Å²) in [6.07, 6.45) is 6.13. The molecule has 0 atom stereocenters. The third-order valence-corrected chi connectivity index (χ3v) is 8.57. The lowest BCUT2D eigenvalue weighted by Gasteiger charge is -2.53. The minimum atomic E-state index is -2.60. The van der Waals surface area contributed by atoms with Gasteiger partial charge in [-0.05, 0) is 18.3 Å². The van der Waals surface area contributed by atoms with Gasteiger partial charge in [-0.15, -0.1) is 0 Å². The van der Waals surface area contributed by atoms with Gasteiger partial charge in [0.25, 0.3) is 0 Å². The van der Waals surface area contributed by atoms with E-state index in [0.29, 0.717) is 0 Å². The van der Waals surface area contributed by atoms with E-state index >= 15 is 0 Å². The predicted molar refractivity (Wildman–Crippen MR) is 72.0 cm³/mol. The van der Waals surface area contributed by atoms with Crippen molar-refractivity contribution in [1.29, 1.82) is 0 Å². The molecule has 0 radical (unpaired) electrons. The lowest BCUT2D eigenvalue weighted by molar-refractivity contribution is 0.0342. The molecule has 0 bridgehead atoms. The Bertz CT molecular complexity index is 229. The van der Waals surface area contributed by atoms with Crippen molar-refractivity contribution in [3.8, 4) is 0 Å². The van der Waals surface area contributed by atoms with Gasteiger partial charge in [-0.1, -0.05) is 40.0 Å². The molecule has 0 N–H and O–H groups in total. The molecular formula is C13H28O3Si. The summed E-state index contributed by atoms with van der Waals surface area (Å²) in [5.74, 6) is 0. The van der Waals surface area contributed by atoms with E-state index in [1.807, 2.05) is 0 Å². The van der Waals surface area contributed by atoms with Crippen molar-refractivity contribution >= 4 is 8.80 Å². The van der Waals surface area contributed by atoms with Gasteiger partial charge in [0, 0.05) is 26.4 Å². The van der Waals surface area contributed by atoms with Gasteiger partial charge < -0.3 is 13.3 Å². The summed E-state index contributed by atoms with van der Waals surface area (Å²) >= 11 is 0. The fourth-order valence-corrected chi connectivity index (χ4v) is 7.06. The quantitative estimate of drug-likeness (QED) is 0.723. The molecule has 0 aromatic heterocycles. The highest BCUT2D eigenvalue weighted by molar-refractivity contribution is 6.64. The average molecular weight is 260 g/mol. The maximum Gasteiger partial charge on any atom is 0.507 e. The first kappa shape index (κ1) is 15.2. The number of hydrogen-bond donors (Lipinski definition) is 0. The molecule has 0 aliphatic heterocycles. The van der Waals surface area contributed by atoms with Crippen LogP contribution < -0.4 is 0 Å². The Balaban J connectivity index is 3.20. The van der Waals surface area contributed by atoms with Gasteiger partial charge in [-0.25, -0.2) is 0 Å². The van der Waals surface area contributed by atoms with E-state index in [-0.39, 0.29) is 10.5 Å². The van der Waals surface area contributed by atoms with Crippen LogP contribution in [-0.2, 0) is 13.3 Å². The Labute approximate surface area is 107 Å². The Morgan fingerprint density at radius 1 is 0.824 bits per heavy atom. The highest BCUT2D eigenvalue weighted by Gasteiger charge is 2.64. The van der Waals surface area contributed by atoms with Crippen LogP contribution in [0.1, 0.15) is 52.9 Å². The summed E-state index contributed by atoms with van der Waals surface area (Å²) in [5, 5.41) is 0.0521. The second kappa shape index (κ2) is 5.39. The van der Waals surface area contributed by atoms with Gasteiger partial charge in [-0.2, -0.15) is 0 Å². The zero-order chi connectivity index (χ0) is 13.2. The van der Waals surface area contributed by atoms with Crippen LogP contribution >= 0.6 is 0 Å². The largest absolute Gasteiger partial charge is 0.507 e. The maximum atomic E-state index is 5.80. The summed E-state index contributed by atoms with van der Waals surface area (Å²) in [4.78, 5) is 0. The van der Waals surface area contributed by atoms with Crippen LogP contribution in [0.5, 0.6) is 0 Å². The number of rotatable bonds is 4. The Morgan fingerprint density at radius 2 is 1.24 bits per heavy atom. The fourth-order valence-electron chi connectivity index (χ4n) is 3.51. The van der Waals surface area contributed by atoms with Crippen LogP contribution in [0.4, 0.5) is 0 Å². The minimum absolute atomic E-state index is 0.0521. The molecule has 0 saturated heterocycles. The van der Waals surface area contributed by atoms with Gasteiger partial charge in [0.1, 0.15) is 0 Å². The fraction of sp³-hybridized carbons (Fsp3) is 1.00. The molecule has 17 heavy (non-hydrogen) atoms. The Hall–Kier alpha value is 0.0969. The van der Waals surface area contributed by atoms with Crippen molar-refractivity contribution in [3.05, 3.63) is 0 Å². The van der Waals surface area contributed by atoms with Gasteiger partial charge in [0.15, 0.2) is 0 Å². The van der Waals surface area contributed by atoms with Crippen molar-refractivity contribution in [2.24, 2.45) is 5.41 Å². The molecule has 0 aromatic rings. The van der Waals surface area contributed by atoms with E-state index in [9.17, 15) is 0 Å². The highest BCUT2D eigenvalue weighted by Crippen LogP contribution is 2.61. The van der Waals surface area contributed by atoms with E-state index in [2.05, 4.69) is 20.8 Å². The van der Waals surface area contributed by atoms with Crippen molar-refractivity contribution in [3.63, 3.8) is 0 Å². The summed E-state index contributed by atoms with van der Waals surface area (Å²) in [6.45, 7) is 6.87. The normalized spacial score (nSPS) is 21.5. The van der Waals surface area contributed by atoms with E-state index in [4.69, 9.17) is 13.3 Å². The lowest BCUT2D eigenvalue weighted by Crippen LogP contribution is -2.60. The van der Waals surface area contributed by atoms with Gasteiger partial charge >= 0.3 is 8.80 Å². The first-order chi connectivity index (χ1) is 7.89. The molecule has 0 heterocycles. The predicted octanol–water partition coefficient (Wildman–Crippen LogP) is 3.62. The van der Waals surface area contributed by atoms with Crippen molar-refractivity contribution in [2.75, 3.05) is 21.3 Å². The Kier molecular flexibility index (Phi) is 4.80. The van der Waals surface area contributed by atoms with Crippen LogP contribution in [0.3, 0.4) is 0 Å². The van der Waals surface area contributed by atoms with Gasteiger partial charge in [-0.3, -0.25) is 0 Å². The molecule has 1 aliphatic carbocycles. The van der Waals surface area contributed by atoms with Gasteiger partial charge in [0.2, 0.25) is 0 Å². The molecule has 0 unspecified atom stereocenters. The second-order valence-electron chi connectivity index (χ2n) is 6.06. The van der Waals surface area contributed by atoms with Crippen LogP contribution in [-0.4, -0.2) is 30.1 Å². The summed E-state index contributed by atoms with van der Waals surface area (Å²) in [7, 11) is 2.61. The average Bonchev–Trinajstić information content (AvgIpc) is 2.32. The molecule has 1 fully saturated rings. The van der Waals surface area contributed by atoms with Crippen molar-refractivity contribution in [1.82, 2.24) is 0 Å². The minimum Gasteiger partial charge on any atom is -0.376 e. The second-order valence-corrected chi connectivity index (χ2v) is 9.36. The maximum absolute atomic E-state index is 5.80. The van der Waals surface area contributed by atoms with Crippen LogP contribution in [0.15, 0.2) is 0 Å². The number of hydrogen-bond acceptors (Lipinski definition) is 3. The molecule has 4 heteroatoms. The van der Waals surface area contributed by atoms with E-state index < -0.39 is 8.80 Å². The standard InChI is InChI=1S/C13H28O3Si/c1-12(2,3)13(10-8-7-9-11-13)17(14-4,15-5)16-6/h7-11H2,1-6H3. The summed E-state index contributed by atoms with van der Waals surface area (Å²) in [6, 6.07) is 0. The smallest absolute Gasteiger partial charge is 0.376 e. The molecule has 1 saturated carbocycles. The van der Waals surface area contributed by atoms with Gasteiger partial charge in [0.05, 0.1) is 0 Å². The third-order valence-electron chi connectivity index (χ3n) is 4.54. The molecule has 102 valence electrons. The van der Waals surface area contributed by atoms with Crippen LogP contribution in [0.2, 0.25) is 5.04 Å². The molecule has 1 aliphatic rings. The lowest BCUT2D eigenvalue weighted by atomic mass is 9.71. The Morgan fingerprint density at radius 3 is 1.53 bits per heavy atom. The zero-order valence-corrected chi connectivity index (χ0v) is 13.3. The highest BCUT2D eigenvalue weighted by atomic mass is 28.4. The summed E-state index contributed by atoms with van der Waals surface area (Å²) in [5.41, 5.74) is 0.141. The first-order valence-electron chi connectivity index (χ1n) is 6.54. The molecular weight excluding hydrogens is 232 g/mol.